The lowest BCUT2D eigenvalue weighted by Crippen LogP contribution is -2.57. The molecule has 106 valence electrons. The zero-order chi connectivity index (χ0) is 14.4. The van der Waals surface area contributed by atoms with Crippen molar-refractivity contribution < 1.29 is 27.1 Å². The van der Waals surface area contributed by atoms with E-state index in [0.29, 0.717) is 0 Å². The minimum Gasteiger partial charge on any atom is -0.481 e. The average molecular weight is 284 g/mol. The van der Waals surface area contributed by atoms with Crippen LogP contribution < -0.4 is 0 Å². The highest BCUT2D eigenvalue weighted by Gasteiger charge is 2.64. The van der Waals surface area contributed by atoms with Gasteiger partial charge in [-0.1, -0.05) is 20.8 Å². The van der Waals surface area contributed by atoms with E-state index in [4.69, 9.17) is 0 Å². The first-order valence-electron chi connectivity index (χ1n) is 5.63. The van der Waals surface area contributed by atoms with Crippen LogP contribution in [0.3, 0.4) is 0 Å². The molecule has 0 aliphatic carbocycles. The van der Waals surface area contributed by atoms with Gasteiger partial charge < -0.3 is 5.11 Å². The Morgan fingerprint density at radius 3 is 2.17 bits per heavy atom. The molecule has 1 saturated heterocycles. The lowest BCUT2D eigenvalue weighted by molar-refractivity contribution is -0.182. The number of carboxylic acid groups (broad SMARTS) is 1. The number of carbonyl (C=O) groups is 1. The number of halogens is 2. The number of carboxylic acids is 1. The molecule has 0 saturated carbocycles. The maximum absolute atomic E-state index is 14.0. The third-order valence-corrected chi connectivity index (χ3v) is 4.81. The van der Waals surface area contributed by atoms with Gasteiger partial charge in [0.05, 0.1) is 5.75 Å². The maximum Gasteiger partial charge on any atom is 0.315 e. The Morgan fingerprint density at radius 1 is 1.33 bits per heavy atom. The summed E-state index contributed by atoms with van der Waals surface area (Å²) in [6.07, 6.45) is -0.785. The van der Waals surface area contributed by atoms with Gasteiger partial charge in [-0.05, 0) is 18.3 Å². The van der Waals surface area contributed by atoms with Crippen LogP contribution in [0.1, 0.15) is 33.6 Å². The molecular formula is C11H18F2O4S. The van der Waals surface area contributed by atoms with Crippen molar-refractivity contribution in [3.8, 4) is 0 Å². The number of hydrogen-bond donors (Lipinski definition) is 1. The summed E-state index contributed by atoms with van der Waals surface area (Å²) in [7, 11) is -3.86. The second-order valence-electron chi connectivity index (χ2n) is 6.17. The summed E-state index contributed by atoms with van der Waals surface area (Å²) in [5.41, 5.74) is -2.90. The molecule has 0 aromatic rings. The first-order chi connectivity index (χ1) is 7.81. The molecular weight excluding hydrogens is 266 g/mol. The van der Waals surface area contributed by atoms with Crippen molar-refractivity contribution in [3.05, 3.63) is 0 Å². The third kappa shape index (κ3) is 2.81. The quantitative estimate of drug-likeness (QED) is 0.841. The summed E-state index contributed by atoms with van der Waals surface area (Å²) in [6, 6.07) is 0. The topological polar surface area (TPSA) is 71.4 Å². The second kappa shape index (κ2) is 4.15. The fraction of sp³-hybridized carbons (Fsp3) is 0.909. The van der Waals surface area contributed by atoms with E-state index in [-0.39, 0.29) is 6.42 Å². The Morgan fingerprint density at radius 2 is 1.83 bits per heavy atom. The fourth-order valence-corrected chi connectivity index (χ4v) is 4.09. The van der Waals surface area contributed by atoms with E-state index >= 15 is 0 Å². The summed E-state index contributed by atoms with van der Waals surface area (Å²) >= 11 is 0. The Balaban J connectivity index is 3.25. The summed E-state index contributed by atoms with van der Waals surface area (Å²) in [6.45, 7) is 4.99. The Bertz CT molecular complexity index is 450. The van der Waals surface area contributed by atoms with Crippen LogP contribution >= 0.6 is 0 Å². The van der Waals surface area contributed by atoms with Gasteiger partial charge in [0.25, 0.3) is 5.92 Å². The molecule has 0 aromatic carbocycles. The summed E-state index contributed by atoms with van der Waals surface area (Å²) in [5, 5.41) is 9.18. The van der Waals surface area contributed by atoms with Gasteiger partial charge in [-0.2, -0.15) is 0 Å². The molecule has 0 amide bonds. The molecule has 1 fully saturated rings. The Labute approximate surface area is 105 Å². The van der Waals surface area contributed by atoms with Gasteiger partial charge in [0.1, 0.15) is 11.2 Å². The first kappa shape index (κ1) is 15.3. The zero-order valence-corrected chi connectivity index (χ0v) is 11.5. The van der Waals surface area contributed by atoms with E-state index in [2.05, 4.69) is 0 Å². The highest BCUT2D eigenvalue weighted by Crippen LogP contribution is 2.51. The second-order valence-corrected chi connectivity index (χ2v) is 8.36. The number of alkyl halides is 2. The summed E-state index contributed by atoms with van der Waals surface area (Å²) in [5.74, 6) is -7.21. The number of hydrogen-bond acceptors (Lipinski definition) is 3. The van der Waals surface area contributed by atoms with Crippen molar-refractivity contribution in [1.82, 2.24) is 0 Å². The molecule has 4 nitrogen and oxygen atoms in total. The van der Waals surface area contributed by atoms with E-state index in [1.165, 1.54) is 0 Å². The molecule has 0 radical (unpaired) electrons. The van der Waals surface area contributed by atoms with Crippen LogP contribution in [0.15, 0.2) is 0 Å². The van der Waals surface area contributed by atoms with E-state index in [1.807, 2.05) is 0 Å². The Kier molecular flexibility index (Phi) is 3.53. The van der Waals surface area contributed by atoms with Crippen molar-refractivity contribution in [1.29, 1.82) is 0 Å². The molecule has 0 bridgehead atoms. The smallest absolute Gasteiger partial charge is 0.315 e. The molecule has 1 unspecified atom stereocenters. The van der Waals surface area contributed by atoms with E-state index < -0.39 is 50.5 Å². The zero-order valence-electron chi connectivity index (χ0n) is 10.7. The molecule has 1 atom stereocenters. The summed E-state index contributed by atoms with van der Waals surface area (Å²) in [4.78, 5) is 11.3. The van der Waals surface area contributed by atoms with Crippen LogP contribution in [0.4, 0.5) is 8.78 Å². The molecule has 0 aromatic heterocycles. The highest BCUT2D eigenvalue weighted by atomic mass is 32.2. The van der Waals surface area contributed by atoms with Crippen LogP contribution in [0.5, 0.6) is 0 Å². The number of rotatable bonds is 2. The molecule has 1 aliphatic rings. The summed E-state index contributed by atoms with van der Waals surface area (Å²) < 4.78 is 50.6. The van der Waals surface area contributed by atoms with Crippen molar-refractivity contribution in [2.45, 2.75) is 39.5 Å². The van der Waals surface area contributed by atoms with E-state index in [1.54, 1.807) is 20.8 Å². The van der Waals surface area contributed by atoms with Gasteiger partial charge in [0, 0.05) is 0 Å². The highest BCUT2D eigenvalue weighted by molar-refractivity contribution is 7.91. The first-order valence-corrected chi connectivity index (χ1v) is 7.45. The van der Waals surface area contributed by atoms with Crippen molar-refractivity contribution in [2.24, 2.45) is 10.8 Å². The van der Waals surface area contributed by atoms with Crippen molar-refractivity contribution in [2.75, 3.05) is 11.5 Å². The van der Waals surface area contributed by atoms with Crippen molar-refractivity contribution in [3.63, 3.8) is 0 Å². The SMILES string of the molecule is CC(C)(C)CC1(C(=O)O)CCS(=O)(=O)CC1(F)F. The standard InChI is InChI=1S/C11H18F2O4S/c1-9(2,3)6-10(8(14)15)4-5-18(16,17)7-11(10,12)13/h4-7H2,1-3H3,(H,14,15). The lowest BCUT2D eigenvalue weighted by atomic mass is 9.68. The molecule has 1 N–H and O–H groups in total. The van der Waals surface area contributed by atoms with Crippen LogP contribution in [-0.2, 0) is 14.6 Å². The predicted octanol–water partition coefficient (Wildman–Crippen LogP) is 1.95. The third-order valence-electron chi connectivity index (χ3n) is 3.18. The van der Waals surface area contributed by atoms with Crippen molar-refractivity contribution >= 4 is 15.8 Å². The number of sulfone groups is 1. The van der Waals surface area contributed by atoms with Crippen LogP contribution in [-0.4, -0.2) is 36.9 Å². The van der Waals surface area contributed by atoms with Crippen LogP contribution in [0, 0.1) is 10.8 Å². The maximum atomic E-state index is 14.0. The van der Waals surface area contributed by atoms with E-state index in [9.17, 15) is 27.1 Å². The van der Waals surface area contributed by atoms with Gasteiger partial charge in [-0.25, -0.2) is 17.2 Å². The largest absolute Gasteiger partial charge is 0.481 e. The van der Waals surface area contributed by atoms with Crippen LogP contribution in [0.25, 0.3) is 0 Å². The fourth-order valence-electron chi connectivity index (χ4n) is 2.46. The van der Waals surface area contributed by atoms with Gasteiger partial charge in [0.2, 0.25) is 0 Å². The molecule has 1 rings (SSSR count). The van der Waals surface area contributed by atoms with Gasteiger partial charge >= 0.3 is 5.97 Å². The average Bonchev–Trinajstić information content (AvgIpc) is 2.05. The van der Waals surface area contributed by atoms with Gasteiger partial charge in [-0.3, -0.25) is 4.79 Å². The molecule has 18 heavy (non-hydrogen) atoms. The minimum absolute atomic E-state index is 0.252. The van der Waals surface area contributed by atoms with Crippen LogP contribution in [0.2, 0.25) is 0 Å². The Hall–Kier alpha value is -0.720. The van der Waals surface area contributed by atoms with Gasteiger partial charge in [0.15, 0.2) is 9.84 Å². The molecule has 1 heterocycles. The minimum atomic E-state index is -3.86. The number of aliphatic carboxylic acids is 1. The van der Waals surface area contributed by atoms with E-state index in [0.717, 1.165) is 0 Å². The monoisotopic (exact) mass is 284 g/mol. The lowest BCUT2D eigenvalue weighted by Gasteiger charge is -2.43. The molecule has 1 aliphatic heterocycles. The molecule has 0 spiro atoms. The van der Waals surface area contributed by atoms with Gasteiger partial charge in [-0.15, -0.1) is 0 Å². The predicted molar refractivity (Wildman–Crippen MR) is 62.4 cm³/mol. The normalized spacial score (nSPS) is 30.9. The molecule has 7 heteroatoms.